The van der Waals surface area contributed by atoms with Crippen molar-refractivity contribution >= 4 is 0 Å². The molecule has 56 valence electrons. The van der Waals surface area contributed by atoms with Gasteiger partial charge in [-0.05, 0) is 13.8 Å². The van der Waals surface area contributed by atoms with Gasteiger partial charge in [-0.15, -0.1) is 0 Å². The van der Waals surface area contributed by atoms with E-state index in [0.29, 0.717) is 13.2 Å². The summed E-state index contributed by atoms with van der Waals surface area (Å²) < 4.78 is 0. The summed E-state index contributed by atoms with van der Waals surface area (Å²) in [7, 11) is 0. The Morgan fingerprint density at radius 1 is 1.22 bits per heavy atom. The van der Waals surface area contributed by atoms with Crippen molar-refractivity contribution in [2.45, 2.75) is 13.8 Å². The Bertz CT molecular complexity index is 68.2. The highest BCUT2D eigenvalue weighted by molar-refractivity contribution is 3.93. The quantitative estimate of drug-likeness (QED) is 0.582. The van der Waals surface area contributed by atoms with Crippen LogP contribution in [0.25, 0.3) is 0 Å². The van der Waals surface area contributed by atoms with Gasteiger partial charge in [0, 0.05) is 0 Å². The van der Waals surface area contributed by atoms with Gasteiger partial charge < -0.3 is 6.15 Å². The Morgan fingerprint density at radius 3 is 1.78 bits per heavy atom. The van der Waals surface area contributed by atoms with Gasteiger partial charge in [0.05, 0.1) is 0 Å². The normalized spacial score (nSPS) is 7.33. The molecule has 0 aliphatic heterocycles. The maximum Gasteiger partial charge on any atom is 0.477 e. The Kier molecular flexibility index (Phi) is 8.77. The van der Waals surface area contributed by atoms with Gasteiger partial charge in [-0.2, -0.15) is 9.68 Å². The summed E-state index contributed by atoms with van der Waals surface area (Å²) in [6.45, 7) is 4.10. The lowest BCUT2D eigenvalue weighted by molar-refractivity contribution is -0.980. The fraction of sp³-hybridized carbons (Fsp3) is 1.00. The topological polar surface area (TPSA) is 73.5 Å². The van der Waals surface area contributed by atoms with Gasteiger partial charge in [0.2, 0.25) is 0 Å². The van der Waals surface area contributed by atoms with Gasteiger partial charge >= 0.3 is 5.09 Å². The van der Waals surface area contributed by atoms with Crippen molar-refractivity contribution in [3.63, 3.8) is 0 Å². The minimum absolute atomic E-state index is 0. The average Bonchev–Trinajstić information content (AvgIpc) is 1.68. The molecular weight excluding hydrogens is 124 g/mol. The summed E-state index contributed by atoms with van der Waals surface area (Å²) in [5.41, 5.74) is 0. The van der Waals surface area contributed by atoms with Crippen molar-refractivity contribution in [2.75, 3.05) is 13.2 Å². The average molecular weight is 137 g/mol. The molecule has 0 saturated carbocycles. The van der Waals surface area contributed by atoms with Crippen LogP contribution in [-0.4, -0.2) is 18.3 Å². The molecule has 0 aliphatic carbocycles. The number of nitrogens with zero attached hydrogens (tertiary/aromatic N) is 1. The molecular formula is C4H13N2O3+. The summed E-state index contributed by atoms with van der Waals surface area (Å²) in [5, 5.41) is 0.111. The van der Waals surface area contributed by atoms with Gasteiger partial charge in [0.1, 0.15) is 4.91 Å². The van der Waals surface area contributed by atoms with Gasteiger partial charge in [-0.3, -0.25) is 0 Å². The summed E-state index contributed by atoms with van der Waals surface area (Å²) in [4.78, 5) is 18.8. The monoisotopic (exact) mass is 137 g/mol. The summed E-state index contributed by atoms with van der Waals surface area (Å²) in [5.74, 6) is 0. The molecule has 5 nitrogen and oxygen atoms in total. The second-order valence-corrected chi connectivity index (χ2v) is 1.06. The van der Waals surface area contributed by atoms with Crippen LogP contribution in [0.3, 0.4) is 0 Å². The summed E-state index contributed by atoms with van der Waals surface area (Å²) in [6, 6.07) is 0. The third-order valence-electron chi connectivity index (χ3n) is 0.469. The SMILES string of the molecule is CCO[N+](=O)OCC.N. The maximum atomic E-state index is 10.1. The van der Waals surface area contributed by atoms with E-state index in [1.54, 1.807) is 13.8 Å². The second kappa shape index (κ2) is 7.16. The van der Waals surface area contributed by atoms with E-state index in [2.05, 4.69) is 9.68 Å². The minimum Gasteiger partial charge on any atom is -0.344 e. The van der Waals surface area contributed by atoms with E-state index < -0.39 is 0 Å². The first-order chi connectivity index (χ1) is 3.81. The molecule has 0 amide bonds. The predicted octanol–water partition coefficient (Wildman–Crippen LogP) is 0.830. The van der Waals surface area contributed by atoms with E-state index in [1.807, 2.05) is 0 Å². The van der Waals surface area contributed by atoms with E-state index >= 15 is 0 Å². The standard InChI is InChI=1S/C4H10NO3.H3N/c1-3-7-5(6)8-4-2;/h3-4H2,1-2H3;1H3/q+1;. The van der Waals surface area contributed by atoms with Crippen molar-refractivity contribution in [3.8, 4) is 0 Å². The lowest BCUT2D eigenvalue weighted by atomic mass is 10.9. The predicted molar refractivity (Wildman–Crippen MR) is 31.9 cm³/mol. The van der Waals surface area contributed by atoms with Crippen molar-refractivity contribution in [3.05, 3.63) is 4.91 Å². The molecule has 3 N–H and O–H groups in total. The van der Waals surface area contributed by atoms with Crippen LogP contribution in [0.15, 0.2) is 0 Å². The lowest BCUT2D eigenvalue weighted by Gasteiger charge is -1.84. The first-order valence-corrected chi connectivity index (χ1v) is 2.54. The highest BCUT2D eigenvalue weighted by Crippen LogP contribution is 1.77. The van der Waals surface area contributed by atoms with Crippen LogP contribution in [0.1, 0.15) is 13.8 Å². The van der Waals surface area contributed by atoms with E-state index in [4.69, 9.17) is 0 Å². The van der Waals surface area contributed by atoms with E-state index in [9.17, 15) is 4.91 Å². The first-order valence-electron chi connectivity index (χ1n) is 2.54. The lowest BCUT2D eigenvalue weighted by Crippen LogP contribution is -2.09. The Balaban J connectivity index is 0. The number of hydrogen-bond donors (Lipinski definition) is 1. The van der Waals surface area contributed by atoms with Crippen LogP contribution < -0.4 is 6.15 Å². The first kappa shape index (κ1) is 11.0. The highest BCUT2D eigenvalue weighted by Gasteiger charge is 2.05. The maximum absolute atomic E-state index is 10.1. The van der Waals surface area contributed by atoms with Crippen LogP contribution in [0, 0.1) is 4.91 Å². The summed E-state index contributed by atoms with van der Waals surface area (Å²) in [6.07, 6.45) is 0. The molecule has 0 aromatic rings. The fourth-order valence-corrected chi connectivity index (χ4v) is 0.248. The Morgan fingerprint density at radius 2 is 1.56 bits per heavy atom. The summed E-state index contributed by atoms with van der Waals surface area (Å²) >= 11 is 0. The van der Waals surface area contributed by atoms with Gasteiger partial charge in [-0.25, -0.2) is 0 Å². The molecule has 0 saturated heterocycles. The molecule has 0 aromatic carbocycles. The number of hydrogen-bond acceptors (Lipinski definition) is 4. The number of rotatable bonds is 4. The highest BCUT2D eigenvalue weighted by atomic mass is 17.0. The van der Waals surface area contributed by atoms with Crippen molar-refractivity contribution < 1.29 is 14.8 Å². The van der Waals surface area contributed by atoms with Crippen LogP contribution >= 0.6 is 0 Å². The minimum atomic E-state index is 0. The molecule has 5 heteroatoms. The molecule has 0 bridgehead atoms. The molecule has 0 spiro atoms. The molecule has 0 unspecified atom stereocenters. The van der Waals surface area contributed by atoms with Crippen molar-refractivity contribution in [1.29, 1.82) is 0 Å². The zero-order valence-electron chi connectivity index (χ0n) is 5.79. The third-order valence-corrected chi connectivity index (χ3v) is 0.469. The molecule has 0 atom stereocenters. The van der Waals surface area contributed by atoms with Crippen LogP contribution in [-0.2, 0) is 9.68 Å². The molecule has 0 aromatic heterocycles. The Labute approximate surface area is 54.0 Å². The third kappa shape index (κ3) is 7.16. The molecule has 0 radical (unpaired) electrons. The molecule has 0 aliphatic rings. The fourth-order valence-electron chi connectivity index (χ4n) is 0.248. The van der Waals surface area contributed by atoms with E-state index in [-0.39, 0.29) is 11.2 Å². The van der Waals surface area contributed by atoms with E-state index in [1.165, 1.54) is 0 Å². The zero-order valence-corrected chi connectivity index (χ0v) is 5.79. The van der Waals surface area contributed by atoms with Gasteiger partial charge in [0.25, 0.3) is 0 Å². The molecule has 0 rings (SSSR count). The molecule has 0 fully saturated rings. The Hall–Kier alpha value is -0.840. The van der Waals surface area contributed by atoms with Crippen LogP contribution in [0.2, 0.25) is 0 Å². The second-order valence-electron chi connectivity index (χ2n) is 1.06. The van der Waals surface area contributed by atoms with Gasteiger partial charge in [0.15, 0.2) is 13.2 Å². The van der Waals surface area contributed by atoms with Crippen LogP contribution in [0.4, 0.5) is 0 Å². The van der Waals surface area contributed by atoms with Crippen LogP contribution in [0.5, 0.6) is 0 Å². The van der Waals surface area contributed by atoms with E-state index in [0.717, 1.165) is 0 Å². The molecule has 0 heterocycles. The van der Waals surface area contributed by atoms with Crippen molar-refractivity contribution in [2.24, 2.45) is 0 Å². The largest absolute Gasteiger partial charge is 0.477 e. The zero-order chi connectivity index (χ0) is 6.41. The van der Waals surface area contributed by atoms with Gasteiger partial charge in [-0.1, -0.05) is 0 Å². The smallest absolute Gasteiger partial charge is 0.344 e. The molecule has 9 heavy (non-hydrogen) atoms. The van der Waals surface area contributed by atoms with Crippen molar-refractivity contribution in [1.82, 2.24) is 6.15 Å².